The molecule has 1 aromatic heterocycles. The van der Waals surface area contributed by atoms with E-state index in [1.165, 1.54) is 17.3 Å². The van der Waals surface area contributed by atoms with Crippen LogP contribution >= 0.6 is 11.6 Å². The minimum atomic E-state index is -1.26. The Bertz CT molecular complexity index is 922. The van der Waals surface area contributed by atoms with Crippen molar-refractivity contribution in [1.29, 1.82) is 0 Å². The van der Waals surface area contributed by atoms with Crippen molar-refractivity contribution < 1.29 is 28.9 Å². The third-order valence-corrected chi connectivity index (χ3v) is 4.80. The Morgan fingerprint density at radius 2 is 1.89 bits per heavy atom. The number of ether oxygens (including phenoxy) is 1. The smallest absolute Gasteiger partial charge is 0.328 e. The first-order valence-electron chi connectivity index (χ1n) is 8.39. The van der Waals surface area contributed by atoms with E-state index in [-0.39, 0.29) is 10.8 Å². The summed E-state index contributed by atoms with van der Waals surface area (Å²) in [5.41, 5.74) is 3.46. The zero-order chi connectivity index (χ0) is 19.6. The molecule has 7 nitrogen and oxygen atoms in total. The molecule has 0 saturated heterocycles. The summed E-state index contributed by atoms with van der Waals surface area (Å²) in [4.78, 5) is 19.1. The summed E-state index contributed by atoms with van der Waals surface area (Å²) in [5, 5.41) is 20.1. The van der Waals surface area contributed by atoms with Crippen LogP contribution in [0.15, 0.2) is 18.2 Å². The number of nitrogens with zero attached hydrogens (tertiary/aromatic N) is 1. The summed E-state index contributed by atoms with van der Waals surface area (Å²) in [5.74, 6) is -2.27. The molecule has 2 aliphatic rings. The van der Waals surface area contributed by atoms with E-state index in [0.717, 1.165) is 43.4 Å². The molecule has 2 aromatic rings. The Kier molecular flexibility index (Phi) is 5.67. The highest BCUT2D eigenvalue weighted by molar-refractivity contribution is 6.36. The third kappa shape index (κ3) is 3.91. The lowest BCUT2D eigenvalue weighted by atomic mass is 10.1. The van der Waals surface area contributed by atoms with Crippen LogP contribution in [0.25, 0.3) is 10.9 Å². The Labute approximate surface area is 159 Å². The summed E-state index contributed by atoms with van der Waals surface area (Å²) in [6, 6.07) is 1.41. The number of aromatic nitrogens is 1. The van der Waals surface area contributed by atoms with Crippen molar-refractivity contribution in [2.75, 3.05) is 19.7 Å². The van der Waals surface area contributed by atoms with Crippen molar-refractivity contribution in [1.82, 2.24) is 9.88 Å². The van der Waals surface area contributed by atoms with Gasteiger partial charge in [-0.25, -0.2) is 14.0 Å². The number of fused-ring (bicyclic) bond motifs is 3. The van der Waals surface area contributed by atoms with Gasteiger partial charge in [0.25, 0.3) is 0 Å². The van der Waals surface area contributed by atoms with Gasteiger partial charge in [-0.1, -0.05) is 11.6 Å². The van der Waals surface area contributed by atoms with E-state index >= 15 is 0 Å². The molecule has 0 radical (unpaired) electrons. The number of benzene rings is 1. The normalized spacial score (nSPS) is 15.5. The van der Waals surface area contributed by atoms with Crippen molar-refractivity contribution in [3.63, 3.8) is 0 Å². The maximum atomic E-state index is 14.0. The molecule has 9 heteroatoms. The number of hydrogen-bond donors (Lipinski definition) is 3. The van der Waals surface area contributed by atoms with Crippen LogP contribution in [-0.4, -0.2) is 46.4 Å². The fraction of sp³-hybridized carbons (Fsp3) is 0.333. The van der Waals surface area contributed by atoms with Gasteiger partial charge in [-0.2, -0.15) is 0 Å². The topological polar surface area (TPSA) is 101 Å². The average Bonchev–Trinajstić information content (AvgIpc) is 2.78. The first-order valence-corrected chi connectivity index (χ1v) is 8.77. The fourth-order valence-electron chi connectivity index (χ4n) is 3.43. The number of carboxylic acids is 2. The molecule has 1 aromatic carbocycles. The van der Waals surface area contributed by atoms with Crippen LogP contribution in [0, 0.1) is 5.82 Å². The van der Waals surface area contributed by atoms with Gasteiger partial charge >= 0.3 is 11.9 Å². The zero-order valence-electron chi connectivity index (χ0n) is 14.3. The molecule has 0 amide bonds. The van der Waals surface area contributed by atoms with E-state index in [1.54, 1.807) is 0 Å². The summed E-state index contributed by atoms with van der Waals surface area (Å²) in [6.45, 7) is 3.28. The first kappa shape index (κ1) is 19.2. The predicted molar refractivity (Wildman–Crippen MR) is 97.1 cm³/mol. The number of aliphatic carboxylic acids is 2. The van der Waals surface area contributed by atoms with Gasteiger partial charge in [0.1, 0.15) is 18.2 Å². The van der Waals surface area contributed by atoms with Gasteiger partial charge in [0.2, 0.25) is 0 Å². The molecule has 3 N–H and O–H groups in total. The molecule has 0 saturated carbocycles. The molecule has 3 heterocycles. The molecule has 144 valence electrons. The van der Waals surface area contributed by atoms with Crippen LogP contribution in [-0.2, 0) is 29.0 Å². The van der Waals surface area contributed by atoms with Gasteiger partial charge < -0.3 is 24.8 Å². The maximum absolute atomic E-state index is 14.0. The number of nitrogens with one attached hydrogen (secondary N) is 1. The minimum Gasteiger partial charge on any atom is -0.489 e. The van der Waals surface area contributed by atoms with Crippen LogP contribution in [0.4, 0.5) is 4.39 Å². The standard InChI is InChI=1S/C14H14ClFN2O.C4H4O4/c15-13-9(16)7-11-14-12(13)8-1-3-17-4-2-10(8)18(14)5-6-19-11;5-3(6)1-2-4(7)8/h7,17H,1-6H2;1-2H,(H,5,6)(H,7,8). The molecule has 0 fully saturated rings. The minimum absolute atomic E-state index is 0.237. The van der Waals surface area contributed by atoms with Gasteiger partial charge in [-0.3, -0.25) is 0 Å². The molecule has 0 aliphatic carbocycles. The van der Waals surface area contributed by atoms with E-state index in [0.29, 0.717) is 24.5 Å². The fourth-order valence-corrected chi connectivity index (χ4v) is 3.68. The van der Waals surface area contributed by atoms with Crippen molar-refractivity contribution in [2.45, 2.75) is 19.4 Å². The Morgan fingerprint density at radius 3 is 2.56 bits per heavy atom. The second-order valence-corrected chi connectivity index (χ2v) is 6.46. The third-order valence-electron chi connectivity index (χ3n) is 4.43. The first-order chi connectivity index (χ1) is 12.9. The van der Waals surface area contributed by atoms with Crippen LogP contribution in [0.1, 0.15) is 11.3 Å². The zero-order valence-corrected chi connectivity index (χ0v) is 15.1. The van der Waals surface area contributed by atoms with E-state index < -0.39 is 11.9 Å². The highest BCUT2D eigenvalue weighted by atomic mass is 35.5. The SMILES string of the molecule is Fc1cc2c3c(c1Cl)c1c(n3CCO2)CCNCC1.O=C(O)C=CC(=O)O. The Morgan fingerprint density at radius 1 is 1.22 bits per heavy atom. The molecular formula is C18H18ClFN2O5. The molecular weight excluding hydrogens is 379 g/mol. The van der Waals surface area contributed by atoms with Gasteiger partial charge in [0.05, 0.1) is 17.1 Å². The van der Waals surface area contributed by atoms with Crippen LogP contribution in [0.3, 0.4) is 0 Å². The molecule has 0 spiro atoms. The number of hydrogen-bond acceptors (Lipinski definition) is 4. The lowest BCUT2D eigenvalue weighted by Crippen LogP contribution is -2.19. The van der Waals surface area contributed by atoms with Crippen molar-refractivity contribution in [3.8, 4) is 5.75 Å². The summed E-state index contributed by atoms with van der Waals surface area (Å²) < 4.78 is 21.8. The maximum Gasteiger partial charge on any atom is 0.328 e. The van der Waals surface area contributed by atoms with Crippen molar-refractivity contribution >= 4 is 34.4 Å². The monoisotopic (exact) mass is 396 g/mol. The molecule has 27 heavy (non-hydrogen) atoms. The lowest BCUT2D eigenvalue weighted by molar-refractivity contribution is -0.134. The molecule has 0 bridgehead atoms. The average molecular weight is 397 g/mol. The second kappa shape index (κ2) is 7.98. The Hall–Kier alpha value is -2.58. The molecule has 2 aliphatic heterocycles. The summed E-state index contributed by atoms with van der Waals surface area (Å²) in [7, 11) is 0. The van der Waals surface area contributed by atoms with Crippen LogP contribution in [0.5, 0.6) is 5.75 Å². The van der Waals surface area contributed by atoms with Crippen LogP contribution in [0.2, 0.25) is 5.02 Å². The number of halogens is 2. The Balaban J connectivity index is 0.000000226. The number of rotatable bonds is 2. The summed E-state index contributed by atoms with van der Waals surface area (Å²) in [6.07, 6.45) is 2.97. The van der Waals surface area contributed by atoms with Gasteiger partial charge in [-0.15, -0.1) is 0 Å². The highest BCUT2D eigenvalue weighted by Crippen LogP contribution is 2.41. The molecule has 4 rings (SSSR count). The van der Waals surface area contributed by atoms with E-state index in [9.17, 15) is 14.0 Å². The van der Waals surface area contributed by atoms with Crippen LogP contribution < -0.4 is 10.1 Å². The van der Waals surface area contributed by atoms with E-state index in [2.05, 4.69) is 9.88 Å². The van der Waals surface area contributed by atoms with Gasteiger partial charge in [0.15, 0.2) is 0 Å². The van der Waals surface area contributed by atoms with Gasteiger partial charge in [0, 0.05) is 42.3 Å². The highest BCUT2D eigenvalue weighted by Gasteiger charge is 2.27. The predicted octanol–water partition coefficient (Wildman–Crippen LogP) is 2.23. The molecule has 0 atom stereocenters. The number of carboxylic acid groups (broad SMARTS) is 2. The van der Waals surface area contributed by atoms with Crippen molar-refractivity contribution in [3.05, 3.63) is 40.3 Å². The van der Waals surface area contributed by atoms with E-state index in [4.69, 9.17) is 26.6 Å². The summed E-state index contributed by atoms with van der Waals surface area (Å²) >= 11 is 6.22. The largest absolute Gasteiger partial charge is 0.489 e. The molecule has 0 unspecified atom stereocenters. The van der Waals surface area contributed by atoms with Gasteiger partial charge in [-0.05, 0) is 18.5 Å². The number of carbonyl (C=O) groups is 2. The lowest BCUT2D eigenvalue weighted by Gasteiger charge is -2.19. The second-order valence-electron chi connectivity index (χ2n) is 6.08. The quantitative estimate of drug-likeness (QED) is 0.673. The van der Waals surface area contributed by atoms with E-state index in [1.807, 2.05) is 0 Å². The van der Waals surface area contributed by atoms with Crippen molar-refractivity contribution in [2.24, 2.45) is 0 Å².